The molecule has 0 aliphatic rings. The lowest BCUT2D eigenvalue weighted by molar-refractivity contribution is 0.0457. The van der Waals surface area contributed by atoms with E-state index in [0.717, 1.165) is 25.0 Å². The standard InChI is InChI=1S/C14H26N2O2/c1-4-7-14(10-17,11-18)9-13-6-8-16(15-13)12(3)5-2/h6,8,12,17-18H,4-5,7,9-11H2,1-3H3. The highest BCUT2D eigenvalue weighted by Gasteiger charge is 2.29. The fraction of sp³-hybridized carbons (Fsp3) is 0.786. The average Bonchev–Trinajstić information content (AvgIpc) is 2.85. The molecule has 0 aliphatic carbocycles. The second-order valence-corrected chi connectivity index (χ2v) is 5.29. The van der Waals surface area contributed by atoms with Crippen LogP contribution in [0.2, 0.25) is 0 Å². The molecule has 4 heteroatoms. The second-order valence-electron chi connectivity index (χ2n) is 5.29. The van der Waals surface area contributed by atoms with Gasteiger partial charge < -0.3 is 10.2 Å². The summed E-state index contributed by atoms with van der Waals surface area (Å²) in [5.41, 5.74) is 0.524. The van der Waals surface area contributed by atoms with Gasteiger partial charge in [0, 0.05) is 24.1 Å². The zero-order chi connectivity index (χ0) is 13.6. The van der Waals surface area contributed by atoms with Gasteiger partial charge in [0.1, 0.15) is 0 Å². The highest BCUT2D eigenvalue weighted by molar-refractivity contribution is 5.04. The normalized spacial score (nSPS) is 13.8. The number of aliphatic hydroxyl groups excluding tert-OH is 2. The molecule has 0 aromatic carbocycles. The van der Waals surface area contributed by atoms with Crippen molar-refractivity contribution >= 4 is 0 Å². The van der Waals surface area contributed by atoms with Crippen molar-refractivity contribution in [3.63, 3.8) is 0 Å². The number of hydrogen-bond donors (Lipinski definition) is 2. The Balaban J connectivity index is 2.78. The summed E-state index contributed by atoms with van der Waals surface area (Å²) in [5.74, 6) is 0. The monoisotopic (exact) mass is 254 g/mol. The zero-order valence-corrected chi connectivity index (χ0v) is 11.8. The molecular weight excluding hydrogens is 228 g/mol. The molecule has 1 unspecified atom stereocenters. The Hall–Kier alpha value is -0.870. The quantitative estimate of drug-likeness (QED) is 0.747. The molecule has 0 aliphatic heterocycles. The third-order valence-electron chi connectivity index (χ3n) is 3.71. The van der Waals surface area contributed by atoms with Gasteiger partial charge in [-0.2, -0.15) is 5.10 Å². The maximum Gasteiger partial charge on any atom is 0.0632 e. The van der Waals surface area contributed by atoms with E-state index in [4.69, 9.17) is 0 Å². The molecule has 0 spiro atoms. The van der Waals surface area contributed by atoms with Crippen LogP contribution in [0.1, 0.15) is 51.8 Å². The number of rotatable bonds is 8. The molecule has 1 atom stereocenters. The van der Waals surface area contributed by atoms with Crippen LogP contribution in [0.3, 0.4) is 0 Å². The van der Waals surface area contributed by atoms with Crippen molar-refractivity contribution < 1.29 is 10.2 Å². The lowest BCUT2D eigenvalue weighted by atomic mass is 9.81. The van der Waals surface area contributed by atoms with Gasteiger partial charge in [-0.25, -0.2) is 0 Å². The van der Waals surface area contributed by atoms with Crippen LogP contribution in [-0.4, -0.2) is 33.2 Å². The minimum atomic E-state index is -0.427. The molecule has 2 N–H and O–H groups in total. The molecular formula is C14H26N2O2. The second kappa shape index (κ2) is 6.90. The lowest BCUT2D eigenvalue weighted by Gasteiger charge is -2.28. The van der Waals surface area contributed by atoms with E-state index >= 15 is 0 Å². The molecule has 18 heavy (non-hydrogen) atoms. The van der Waals surface area contributed by atoms with Gasteiger partial charge in [0.05, 0.1) is 18.9 Å². The van der Waals surface area contributed by atoms with E-state index in [9.17, 15) is 10.2 Å². The maximum absolute atomic E-state index is 9.54. The molecule has 0 radical (unpaired) electrons. The first kappa shape index (κ1) is 15.2. The molecule has 0 amide bonds. The molecule has 0 bridgehead atoms. The van der Waals surface area contributed by atoms with Gasteiger partial charge in [0.25, 0.3) is 0 Å². The first-order valence-corrected chi connectivity index (χ1v) is 6.86. The van der Waals surface area contributed by atoms with Crippen molar-refractivity contribution in [1.29, 1.82) is 0 Å². The Kier molecular flexibility index (Phi) is 5.82. The number of nitrogens with zero attached hydrogens (tertiary/aromatic N) is 2. The van der Waals surface area contributed by atoms with Crippen LogP contribution in [0.4, 0.5) is 0 Å². The van der Waals surface area contributed by atoms with Crippen LogP contribution in [0.5, 0.6) is 0 Å². The maximum atomic E-state index is 9.54. The van der Waals surface area contributed by atoms with E-state index in [1.54, 1.807) is 0 Å². The Bertz CT molecular complexity index is 345. The predicted molar refractivity (Wildman–Crippen MR) is 72.4 cm³/mol. The Labute approximate surface area is 110 Å². The van der Waals surface area contributed by atoms with Crippen molar-refractivity contribution in [3.05, 3.63) is 18.0 Å². The molecule has 1 aromatic heterocycles. The Morgan fingerprint density at radius 3 is 2.50 bits per heavy atom. The molecule has 1 heterocycles. The molecule has 0 saturated heterocycles. The van der Waals surface area contributed by atoms with Crippen molar-refractivity contribution in [3.8, 4) is 0 Å². The molecule has 104 valence electrons. The third kappa shape index (κ3) is 3.56. The topological polar surface area (TPSA) is 58.3 Å². The van der Waals surface area contributed by atoms with E-state index in [1.807, 2.05) is 16.9 Å². The van der Waals surface area contributed by atoms with E-state index in [1.165, 1.54) is 0 Å². The van der Waals surface area contributed by atoms with Gasteiger partial charge in [-0.15, -0.1) is 0 Å². The first-order chi connectivity index (χ1) is 8.60. The minimum absolute atomic E-state index is 0.00747. The Morgan fingerprint density at radius 2 is 2.00 bits per heavy atom. The molecule has 0 saturated carbocycles. The van der Waals surface area contributed by atoms with Gasteiger partial charge in [0.2, 0.25) is 0 Å². The predicted octanol–water partition coefficient (Wildman–Crippen LogP) is 2.17. The van der Waals surface area contributed by atoms with Crippen LogP contribution >= 0.6 is 0 Å². The van der Waals surface area contributed by atoms with Gasteiger partial charge in [-0.3, -0.25) is 4.68 Å². The van der Waals surface area contributed by atoms with Crippen LogP contribution in [0, 0.1) is 5.41 Å². The number of aliphatic hydroxyl groups is 2. The molecule has 4 nitrogen and oxygen atoms in total. The summed E-state index contributed by atoms with van der Waals surface area (Å²) in [6.07, 6.45) is 5.43. The SMILES string of the molecule is CCCC(CO)(CO)Cc1ccn(C(C)CC)n1. The van der Waals surface area contributed by atoms with E-state index in [2.05, 4.69) is 25.9 Å². The van der Waals surface area contributed by atoms with Crippen LogP contribution < -0.4 is 0 Å². The summed E-state index contributed by atoms with van der Waals surface area (Å²) in [4.78, 5) is 0. The van der Waals surface area contributed by atoms with E-state index in [-0.39, 0.29) is 13.2 Å². The summed E-state index contributed by atoms with van der Waals surface area (Å²) >= 11 is 0. The summed E-state index contributed by atoms with van der Waals surface area (Å²) in [5, 5.41) is 23.6. The first-order valence-electron chi connectivity index (χ1n) is 6.86. The zero-order valence-electron chi connectivity index (χ0n) is 11.8. The number of aromatic nitrogens is 2. The van der Waals surface area contributed by atoms with E-state index < -0.39 is 5.41 Å². The summed E-state index contributed by atoms with van der Waals surface area (Å²) in [6.45, 7) is 6.35. The average molecular weight is 254 g/mol. The largest absolute Gasteiger partial charge is 0.396 e. The molecule has 1 rings (SSSR count). The smallest absolute Gasteiger partial charge is 0.0632 e. The van der Waals surface area contributed by atoms with Gasteiger partial charge in [0.15, 0.2) is 0 Å². The summed E-state index contributed by atoms with van der Waals surface area (Å²) in [7, 11) is 0. The fourth-order valence-electron chi connectivity index (χ4n) is 2.23. The fourth-order valence-corrected chi connectivity index (χ4v) is 2.23. The minimum Gasteiger partial charge on any atom is -0.396 e. The lowest BCUT2D eigenvalue weighted by Crippen LogP contribution is -2.32. The molecule has 0 fully saturated rings. The van der Waals surface area contributed by atoms with Crippen LogP contribution in [0.25, 0.3) is 0 Å². The van der Waals surface area contributed by atoms with Gasteiger partial charge in [-0.1, -0.05) is 20.3 Å². The number of hydrogen-bond acceptors (Lipinski definition) is 3. The third-order valence-corrected chi connectivity index (χ3v) is 3.71. The highest BCUT2D eigenvalue weighted by Crippen LogP contribution is 2.27. The van der Waals surface area contributed by atoms with Crippen molar-refractivity contribution in [1.82, 2.24) is 9.78 Å². The van der Waals surface area contributed by atoms with E-state index in [0.29, 0.717) is 12.5 Å². The summed E-state index contributed by atoms with van der Waals surface area (Å²) < 4.78 is 1.96. The van der Waals surface area contributed by atoms with Crippen molar-refractivity contribution in [2.24, 2.45) is 5.41 Å². The molecule has 1 aromatic rings. The van der Waals surface area contributed by atoms with Gasteiger partial charge >= 0.3 is 0 Å². The van der Waals surface area contributed by atoms with Crippen LogP contribution in [0.15, 0.2) is 12.3 Å². The Morgan fingerprint density at radius 1 is 1.33 bits per heavy atom. The summed E-state index contributed by atoms with van der Waals surface area (Å²) in [6, 6.07) is 2.38. The highest BCUT2D eigenvalue weighted by atomic mass is 16.3. The van der Waals surface area contributed by atoms with Crippen LogP contribution in [-0.2, 0) is 6.42 Å². The van der Waals surface area contributed by atoms with Crippen molar-refractivity contribution in [2.75, 3.05) is 13.2 Å². The van der Waals surface area contributed by atoms with Crippen molar-refractivity contribution in [2.45, 2.75) is 52.5 Å². The van der Waals surface area contributed by atoms with Gasteiger partial charge in [-0.05, 0) is 25.8 Å².